The van der Waals surface area contributed by atoms with Crippen molar-refractivity contribution in [3.63, 3.8) is 0 Å². The third-order valence-electron chi connectivity index (χ3n) is 3.06. The minimum atomic E-state index is -0.459. The van der Waals surface area contributed by atoms with Crippen LogP contribution in [0.2, 0.25) is 0 Å². The van der Waals surface area contributed by atoms with Gasteiger partial charge in [0.05, 0.1) is 6.10 Å². The van der Waals surface area contributed by atoms with Crippen molar-refractivity contribution in [2.24, 2.45) is 0 Å². The quantitative estimate of drug-likeness (QED) is 0.877. The Hall–Kier alpha value is -1.80. The number of rotatable bonds is 4. The first-order chi connectivity index (χ1) is 8.74. The summed E-state index contributed by atoms with van der Waals surface area (Å²) in [6.45, 7) is 4.79. The Labute approximate surface area is 109 Å². The molecule has 0 saturated heterocycles. The van der Waals surface area contributed by atoms with Gasteiger partial charge < -0.3 is 10.0 Å². The van der Waals surface area contributed by atoms with Gasteiger partial charge in [0.15, 0.2) is 0 Å². The van der Waals surface area contributed by atoms with E-state index in [0.29, 0.717) is 0 Å². The third-order valence-corrected chi connectivity index (χ3v) is 3.06. The van der Waals surface area contributed by atoms with Crippen LogP contribution in [0.4, 0.5) is 11.4 Å². The molecule has 0 radical (unpaired) electrons. The van der Waals surface area contributed by atoms with Crippen LogP contribution in [0.15, 0.2) is 54.6 Å². The van der Waals surface area contributed by atoms with Gasteiger partial charge in [-0.1, -0.05) is 36.4 Å². The van der Waals surface area contributed by atoms with Crippen molar-refractivity contribution in [3.05, 3.63) is 60.2 Å². The van der Waals surface area contributed by atoms with Crippen LogP contribution in [-0.2, 0) is 0 Å². The molecule has 0 amide bonds. The van der Waals surface area contributed by atoms with E-state index in [1.54, 1.807) is 6.92 Å². The molecule has 0 aromatic heterocycles. The summed E-state index contributed by atoms with van der Waals surface area (Å²) in [4.78, 5) is 2.21. The van der Waals surface area contributed by atoms with Crippen molar-refractivity contribution >= 4 is 11.4 Å². The van der Waals surface area contributed by atoms with Crippen molar-refractivity contribution < 1.29 is 5.11 Å². The van der Waals surface area contributed by atoms with Crippen LogP contribution in [0.25, 0.3) is 0 Å². The molecule has 1 unspecified atom stereocenters. The average molecular weight is 241 g/mol. The van der Waals surface area contributed by atoms with Gasteiger partial charge in [-0.2, -0.15) is 0 Å². The fourth-order valence-corrected chi connectivity index (χ4v) is 2.19. The number of benzene rings is 2. The summed E-state index contributed by atoms with van der Waals surface area (Å²) in [6, 6.07) is 18.2. The molecule has 0 spiro atoms. The maximum absolute atomic E-state index is 9.87. The number of para-hydroxylation sites is 2. The highest BCUT2D eigenvalue weighted by atomic mass is 16.3. The van der Waals surface area contributed by atoms with Gasteiger partial charge in [-0.25, -0.2) is 0 Å². The molecule has 0 heterocycles. The van der Waals surface area contributed by atoms with Gasteiger partial charge in [0.25, 0.3) is 0 Å². The van der Waals surface area contributed by atoms with E-state index in [1.165, 1.54) is 0 Å². The van der Waals surface area contributed by atoms with E-state index in [2.05, 4.69) is 30.0 Å². The Morgan fingerprint density at radius 2 is 1.61 bits per heavy atom. The van der Waals surface area contributed by atoms with Crippen molar-refractivity contribution in [2.45, 2.75) is 20.0 Å². The molecule has 0 aliphatic rings. The molecule has 0 saturated carbocycles. The second-order valence-corrected chi connectivity index (χ2v) is 4.31. The Morgan fingerprint density at radius 1 is 1.00 bits per heavy atom. The first kappa shape index (κ1) is 12.7. The van der Waals surface area contributed by atoms with Crippen LogP contribution in [0, 0.1) is 0 Å². The topological polar surface area (TPSA) is 23.5 Å². The smallest absolute Gasteiger partial charge is 0.0782 e. The number of nitrogens with zero attached hydrogens (tertiary/aromatic N) is 1. The highest BCUT2D eigenvalue weighted by molar-refractivity contribution is 5.66. The second-order valence-electron chi connectivity index (χ2n) is 4.31. The molecule has 2 aromatic carbocycles. The van der Waals surface area contributed by atoms with Gasteiger partial charge in [0, 0.05) is 23.5 Å². The Bertz CT molecular complexity index is 493. The third kappa shape index (κ3) is 2.54. The zero-order valence-corrected chi connectivity index (χ0v) is 10.9. The van der Waals surface area contributed by atoms with Crippen LogP contribution in [0.1, 0.15) is 25.5 Å². The van der Waals surface area contributed by atoms with Crippen LogP contribution < -0.4 is 4.90 Å². The average Bonchev–Trinajstić information content (AvgIpc) is 2.41. The lowest BCUT2D eigenvalue weighted by molar-refractivity contribution is 0.200. The summed E-state index contributed by atoms with van der Waals surface area (Å²) in [5, 5.41) is 9.87. The zero-order valence-electron chi connectivity index (χ0n) is 10.9. The molecular weight excluding hydrogens is 222 g/mol. The SMILES string of the molecule is CCN(c1ccccc1)c1ccccc1C(C)O. The molecule has 94 valence electrons. The van der Waals surface area contributed by atoms with E-state index in [4.69, 9.17) is 0 Å². The molecule has 0 fully saturated rings. The molecule has 18 heavy (non-hydrogen) atoms. The Balaban J connectivity index is 2.46. The van der Waals surface area contributed by atoms with Crippen LogP contribution in [-0.4, -0.2) is 11.7 Å². The highest BCUT2D eigenvalue weighted by Crippen LogP contribution is 2.31. The lowest BCUT2D eigenvalue weighted by atomic mass is 10.1. The standard InChI is InChI=1S/C16H19NO/c1-3-17(14-9-5-4-6-10-14)16-12-8-7-11-15(16)13(2)18/h4-13,18H,3H2,1-2H3. The Kier molecular flexibility index (Phi) is 4.00. The zero-order chi connectivity index (χ0) is 13.0. The molecular formula is C16H19NO. The molecule has 2 rings (SSSR count). The van der Waals surface area contributed by atoms with Gasteiger partial charge in [-0.3, -0.25) is 0 Å². The summed E-state index contributed by atoms with van der Waals surface area (Å²) < 4.78 is 0. The van der Waals surface area contributed by atoms with E-state index in [9.17, 15) is 5.11 Å². The second kappa shape index (κ2) is 5.69. The summed E-state index contributed by atoms with van der Waals surface area (Å²) >= 11 is 0. The van der Waals surface area contributed by atoms with Crippen molar-refractivity contribution in [3.8, 4) is 0 Å². The summed E-state index contributed by atoms with van der Waals surface area (Å²) in [7, 11) is 0. The van der Waals surface area contributed by atoms with Crippen LogP contribution >= 0.6 is 0 Å². The lowest BCUT2D eigenvalue weighted by Gasteiger charge is -2.26. The molecule has 2 aromatic rings. The fourth-order valence-electron chi connectivity index (χ4n) is 2.19. The van der Waals surface area contributed by atoms with E-state index in [-0.39, 0.29) is 0 Å². The lowest BCUT2D eigenvalue weighted by Crippen LogP contribution is -2.18. The first-order valence-electron chi connectivity index (χ1n) is 6.33. The minimum absolute atomic E-state index is 0.459. The molecule has 0 aliphatic carbocycles. The maximum Gasteiger partial charge on any atom is 0.0782 e. The van der Waals surface area contributed by atoms with Crippen molar-refractivity contribution in [2.75, 3.05) is 11.4 Å². The predicted octanol–water partition coefficient (Wildman–Crippen LogP) is 3.90. The number of aliphatic hydroxyl groups excluding tert-OH is 1. The molecule has 1 N–H and O–H groups in total. The summed E-state index contributed by atoms with van der Waals surface area (Å²) in [5.74, 6) is 0. The Morgan fingerprint density at radius 3 is 2.22 bits per heavy atom. The van der Waals surface area contributed by atoms with E-state index in [0.717, 1.165) is 23.5 Å². The number of hydrogen-bond donors (Lipinski definition) is 1. The minimum Gasteiger partial charge on any atom is -0.389 e. The van der Waals surface area contributed by atoms with Gasteiger partial charge in [0.2, 0.25) is 0 Å². The highest BCUT2D eigenvalue weighted by Gasteiger charge is 2.13. The number of aliphatic hydroxyl groups is 1. The predicted molar refractivity (Wildman–Crippen MR) is 76.2 cm³/mol. The molecule has 1 atom stereocenters. The molecule has 2 nitrogen and oxygen atoms in total. The number of anilines is 2. The van der Waals surface area contributed by atoms with Gasteiger partial charge in [-0.15, -0.1) is 0 Å². The maximum atomic E-state index is 9.87. The van der Waals surface area contributed by atoms with Gasteiger partial charge >= 0.3 is 0 Å². The molecule has 2 heteroatoms. The summed E-state index contributed by atoms with van der Waals surface area (Å²) in [6.07, 6.45) is -0.459. The van der Waals surface area contributed by atoms with Gasteiger partial charge in [0.1, 0.15) is 0 Å². The largest absolute Gasteiger partial charge is 0.389 e. The normalized spacial score (nSPS) is 12.2. The van der Waals surface area contributed by atoms with E-state index in [1.807, 2.05) is 36.4 Å². The van der Waals surface area contributed by atoms with Crippen LogP contribution in [0.5, 0.6) is 0 Å². The molecule has 0 aliphatic heterocycles. The monoisotopic (exact) mass is 241 g/mol. The van der Waals surface area contributed by atoms with Crippen molar-refractivity contribution in [1.82, 2.24) is 0 Å². The number of hydrogen-bond acceptors (Lipinski definition) is 2. The van der Waals surface area contributed by atoms with Crippen molar-refractivity contribution in [1.29, 1.82) is 0 Å². The van der Waals surface area contributed by atoms with E-state index < -0.39 is 6.10 Å². The van der Waals surface area contributed by atoms with E-state index >= 15 is 0 Å². The van der Waals surface area contributed by atoms with Gasteiger partial charge in [-0.05, 0) is 32.0 Å². The first-order valence-corrected chi connectivity index (χ1v) is 6.33. The van der Waals surface area contributed by atoms with Crippen LogP contribution in [0.3, 0.4) is 0 Å². The summed E-state index contributed by atoms with van der Waals surface area (Å²) in [5.41, 5.74) is 3.18. The fraction of sp³-hybridized carbons (Fsp3) is 0.250. The molecule has 0 bridgehead atoms.